The van der Waals surface area contributed by atoms with Gasteiger partial charge in [-0.05, 0) is 25.9 Å². The minimum absolute atomic E-state index is 0.141. The van der Waals surface area contributed by atoms with Crippen molar-refractivity contribution in [1.82, 2.24) is 23.6 Å². The molecule has 1 fully saturated rings. The van der Waals surface area contributed by atoms with Gasteiger partial charge in [-0.25, -0.2) is 9.78 Å². The van der Waals surface area contributed by atoms with Crippen LogP contribution >= 0.6 is 0 Å². The molecule has 0 saturated carbocycles. The Balaban J connectivity index is 2.03. The molecule has 11 heteroatoms. The summed E-state index contributed by atoms with van der Waals surface area (Å²) in [5, 5.41) is 0. The Bertz CT molecular complexity index is 1040. The number of amides is 1. The van der Waals surface area contributed by atoms with Gasteiger partial charge in [0.05, 0.1) is 13.7 Å². The van der Waals surface area contributed by atoms with Crippen LogP contribution in [0.5, 0.6) is 0 Å². The Morgan fingerprint density at radius 3 is 2.39 bits per heavy atom. The average Bonchev–Trinajstić information content (AvgIpc) is 3.03. The van der Waals surface area contributed by atoms with Crippen molar-refractivity contribution in [1.29, 1.82) is 0 Å². The second-order valence-electron chi connectivity index (χ2n) is 7.02. The molecule has 2 aromatic rings. The molecule has 1 saturated heterocycles. The van der Waals surface area contributed by atoms with Gasteiger partial charge < -0.3 is 15.0 Å². The summed E-state index contributed by atoms with van der Waals surface area (Å²) < 4.78 is 8.53. The van der Waals surface area contributed by atoms with E-state index >= 15 is 0 Å². The molecule has 0 aliphatic carbocycles. The zero-order valence-corrected chi connectivity index (χ0v) is 16.2. The topological polar surface area (TPSA) is 134 Å². The van der Waals surface area contributed by atoms with E-state index in [1.807, 2.05) is 0 Å². The number of methoxy groups -OCH3 is 1. The van der Waals surface area contributed by atoms with Crippen molar-refractivity contribution in [3.8, 4) is 0 Å². The number of hydrogen-bond acceptors (Lipinski definition) is 7. The first kappa shape index (κ1) is 19.8. The molecule has 3 heterocycles. The second-order valence-corrected chi connectivity index (χ2v) is 7.02. The van der Waals surface area contributed by atoms with Crippen molar-refractivity contribution in [2.75, 3.05) is 20.2 Å². The van der Waals surface area contributed by atoms with Crippen LogP contribution in [-0.2, 0) is 41.5 Å². The smallest absolute Gasteiger partial charge is 0.332 e. The lowest BCUT2D eigenvalue weighted by Crippen LogP contribution is -2.39. The molecule has 3 rings (SSSR count). The first-order valence-corrected chi connectivity index (χ1v) is 8.98. The Labute approximate surface area is 160 Å². The molecule has 0 bridgehead atoms. The van der Waals surface area contributed by atoms with Gasteiger partial charge in [0.1, 0.15) is 12.4 Å². The van der Waals surface area contributed by atoms with E-state index in [9.17, 15) is 19.2 Å². The highest BCUT2D eigenvalue weighted by atomic mass is 16.5. The van der Waals surface area contributed by atoms with Gasteiger partial charge in [-0.1, -0.05) is 0 Å². The van der Waals surface area contributed by atoms with Crippen LogP contribution in [0.2, 0.25) is 0 Å². The molecule has 0 spiro atoms. The van der Waals surface area contributed by atoms with Crippen LogP contribution in [0.3, 0.4) is 0 Å². The van der Waals surface area contributed by atoms with E-state index in [2.05, 4.69) is 9.88 Å². The average molecular weight is 392 g/mol. The minimum atomic E-state index is -0.524. The molecule has 0 unspecified atom stereocenters. The summed E-state index contributed by atoms with van der Waals surface area (Å²) >= 11 is 0. The predicted octanol–water partition coefficient (Wildman–Crippen LogP) is -1.70. The summed E-state index contributed by atoms with van der Waals surface area (Å²) in [7, 11) is 4.18. The lowest BCUT2D eigenvalue weighted by atomic mass is 9.96. The van der Waals surface area contributed by atoms with Gasteiger partial charge in [0, 0.05) is 20.0 Å². The molecule has 1 amide bonds. The lowest BCUT2D eigenvalue weighted by molar-refractivity contribution is -0.141. The third-order valence-corrected chi connectivity index (χ3v) is 5.30. The van der Waals surface area contributed by atoms with Crippen LogP contribution in [0.1, 0.15) is 18.7 Å². The molecule has 2 aromatic heterocycles. The summed E-state index contributed by atoms with van der Waals surface area (Å²) in [5.74, 6) is -0.477. The number of esters is 1. The lowest BCUT2D eigenvalue weighted by Gasteiger charge is -2.30. The molecular formula is C17H24N6O5. The highest BCUT2D eigenvalue weighted by Gasteiger charge is 2.26. The molecule has 2 N–H and O–H groups in total. The molecule has 11 nitrogen and oxygen atoms in total. The van der Waals surface area contributed by atoms with Crippen LogP contribution in [0.25, 0.3) is 11.2 Å². The number of hydrogen-bond donors (Lipinski definition) is 1. The molecule has 28 heavy (non-hydrogen) atoms. The van der Waals surface area contributed by atoms with E-state index in [0.29, 0.717) is 38.3 Å². The van der Waals surface area contributed by atoms with Gasteiger partial charge in [-0.15, -0.1) is 0 Å². The Morgan fingerprint density at radius 1 is 1.18 bits per heavy atom. The zero-order valence-electron chi connectivity index (χ0n) is 16.2. The molecule has 0 atom stereocenters. The summed E-state index contributed by atoms with van der Waals surface area (Å²) in [6, 6.07) is 0. The monoisotopic (exact) mass is 392 g/mol. The number of rotatable bonds is 5. The number of piperidine rings is 1. The highest BCUT2D eigenvalue weighted by Crippen LogP contribution is 2.20. The van der Waals surface area contributed by atoms with Crippen LogP contribution in [-0.4, -0.2) is 55.7 Å². The fraction of sp³-hybridized carbons (Fsp3) is 0.588. The number of fused-ring (bicyclic) bond motifs is 1. The maximum absolute atomic E-state index is 12.7. The zero-order chi connectivity index (χ0) is 20.6. The maximum Gasteiger partial charge on any atom is 0.332 e. The number of nitrogens with zero attached hydrogens (tertiary/aromatic N) is 5. The van der Waals surface area contributed by atoms with Crippen LogP contribution < -0.4 is 17.0 Å². The number of aryl methyl sites for hydroxylation is 1. The van der Waals surface area contributed by atoms with E-state index in [4.69, 9.17) is 10.5 Å². The third kappa shape index (κ3) is 3.44. The first-order chi connectivity index (χ1) is 13.2. The third-order valence-electron chi connectivity index (χ3n) is 5.30. The fourth-order valence-corrected chi connectivity index (χ4v) is 3.55. The van der Waals surface area contributed by atoms with Gasteiger partial charge in [0.25, 0.3) is 5.56 Å². The quantitative estimate of drug-likeness (QED) is 0.600. The summed E-state index contributed by atoms with van der Waals surface area (Å²) in [6.07, 6.45) is 1.29. The molecule has 0 radical (unpaired) electrons. The standard InChI is InChI=1S/C17H24N6O5/c1-20-15-13(16(26)21(2)17(20)27)23(9-12(24)28-3)11(19-15)8-22-6-4-10(5-7-22)14(18)25/h10H,4-9H2,1-3H3,(H2,18,25). The van der Waals surface area contributed by atoms with Gasteiger partial charge in [-0.2, -0.15) is 0 Å². The summed E-state index contributed by atoms with van der Waals surface area (Å²) in [5.41, 5.74) is 4.76. The molecule has 1 aliphatic heterocycles. The van der Waals surface area contributed by atoms with E-state index < -0.39 is 17.2 Å². The van der Waals surface area contributed by atoms with Gasteiger partial charge >= 0.3 is 11.7 Å². The fourth-order valence-electron chi connectivity index (χ4n) is 3.55. The van der Waals surface area contributed by atoms with Crippen molar-refractivity contribution in [3.05, 3.63) is 26.7 Å². The van der Waals surface area contributed by atoms with Crippen molar-refractivity contribution in [3.63, 3.8) is 0 Å². The number of carbonyl (C=O) groups is 2. The SMILES string of the molecule is COC(=O)Cn1c(CN2CCC(C(N)=O)CC2)nc2c1c(=O)n(C)c(=O)n2C. The Kier molecular flexibility index (Phi) is 5.36. The molecular weight excluding hydrogens is 368 g/mol. The van der Waals surface area contributed by atoms with Gasteiger partial charge in [0.2, 0.25) is 5.91 Å². The summed E-state index contributed by atoms with van der Waals surface area (Å²) in [4.78, 5) is 54.7. The first-order valence-electron chi connectivity index (χ1n) is 8.98. The van der Waals surface area contributed by atoms with Gasteiger partial charge in [-0.3, -0.25) is 28.4 Å². The van der Waals surface area contributed by atoms with E-state index in [1.165, 1.54) is 30.3 Å². The largest absolute Gasteiger partial charge is 0.468 e. The number of primary amides is 1. The maximum atomic E-state index is 12.7. The normalized spacial score (nSPS) is 15.8. The van der Waals surface area contributed by atoms with Crippen molar-refractivity contribution >= 4 is 23.0 Å². The summed E-state index contributed by atoms with van der Waals surface area (Å²) in [6.45, 7) is 1.47. The van der Waals surface area contributed by atoms with E-state index in [-0.39, 0.29) is 29.5 Å². The minimum Gasteiger partial charge on any atom is -0.468 e. The van der Waals surface area contributed by atoms with Gasteiger partial charge in [0.15, 0.2) is 11.2 Å². The van der Waals surface area contributed by atoms with Crippen molar-refractivity contribution in [2.24, 2.45) is 25.7 Å². The second kappa shape index (κ2) is 7.58. The van der Waals surface area contributed by atoms with E-state index in [1.54, 1.807) is 0 Å². The van der Waals surface area contributed by atoms with E-state index in [0.717, 1.165) is 4.57 Å². The Morgan fingerprint density at radius 2 is 1.82 bits per heavy atom. The number of nitrogens with two attached hydrogens (primary N) is 1. The number of carbonyl (C=O) groups excluding carboxylic acids is 2. The van der Waals surface area contributed by atoms with Crippen LogP contribution in [0.4, 0.5) is 0 Å². The van der Waals surface area contributed by atoms with Crippen molar-refractivity contribution in [2.45, 2.75) is 25.9 Å². The molecule has 152 valence electrons. The highest BCUT2D eigenvalue weighted by molar-refractivity contribution is 5.77. The molecule has 0 aromatic carbocycles. The predicted molar refractivity (Wildman–Crippen MR) is 99.4 cm³/mol. The number of imidazole rings is 1. The van der Waals surface area contributed by atoms with Crippen molar-refractivity contribution < 1.29 is 14.3 Å². The number of likely N-dealkylation sites (tertiary alicyclic amines) is 1. The number of aromatic nitrogens is 4. The van der Waals surface area contributed by atoms with Crippen LogP contribution in [0, 0.1) is 5.92 Å². The van der Waals surface area contributed by atoms with Crippen LogP contribution in [0.15, 0.2) is 9.59 Å². The Hall–Kier alpha value is -2.95. The number of ether oxygens (including phenoxy) is 1. The molecule has 1 aliphatic rings.